The third kappa shape index (κ3) is 3.97. The number of rotatable bonds is 5. The lowest BCUT2D eigenvalue weighted by molar-refractivity contribution is -0.144. The summed E-state index contributed by atoms with van der Waals surface area (Å²) in [7, 11) is 0. The number of piperidine rings is 2. The van der Waals surface area contributed by atoms with Gasteiger partial charge in [0, 0.05) is 19.6 Å². The number of nitrogen functional groups attached to an aromatic ring is 1. The van der Waals surface area contributed by atoms with Gasteiger partial charge in [0.25, 0.3) is 5.91 Å². The Labute approximate surface area is 174 Å². The molecule has 4 rings (SSSR count). The molecule has 2 aliphatic heterocycles. The Morgan fingerprint density at radius 1 is 1.07 bits per heavy atom. The van der Waals surface area contributed by atoms with E-state index in [0.29, 0.717) is 32.5 Å². The number of carbonyl (C=O) groups excluding carboxylic acids is 2. The van der Waals surface area contributed by atoms with Crippen molar-refractivity contribution in [1.29, 1.82) is 0 Å². The number of nitrogens with one attached hydrogen (secondary N) is 1. The van der Waals surface area contributed by atoms with E-state index in [4.69, 9.17) is 5.73 Å². The molecule has 30 heavy (non-hydrogen) atoms. The predicted octanol–water partition coefficient (Wildman–Crippen LogP) is 1.47. The SMILES string of the molecule is Nc1ncnc(N2CCC[C@@H](N3CCCC(NCc4ccccc4)C3=O)C2=O)c1F. The van der Waals surface area contributed by atoms with Crippen molar-refractivity contribution in [2.24, 2.45) is 0 Å². The lowest BCUT2D eigenvalue weighted by Crippen LogP contribution is -2.60. The molecule has 0 saturated carbocycles. The second-order valence-corrected chi connectivity index (χ2v) is 7.64. The van der Waals surface area contributed by atoms with Crippen LogP contribution in [0.15, 0.2) is 36.7 Å². The van der Waals surface area contributed by atoms with Gasteiger partial charge in [-0.3, -0.25) is 14.5 Å². The van der Waals surface area contributed by atoms with Gasteiger partial charge in [-0.05, 0) is 31.2 Å². The number of benzene rings is 1. The van der Waals surface area contributed by atoms with Crippen molar-refractivity contribution in [3.05, 3.63) is 48.0 Å². The van der Waals surface area contributed by atoms with Crippen molar-refractivity contribution in [3.8, 4) is 0 Å². The summed E-state index contributed by atoms with van der Waals surface area (Å²) >= 11 is 0. The van der Waals surface area contributed by atoms with Crippen molar-refractivity contribution >= 4 is 23.5 Å². The van der Waals surface area contributed by atoms with E-state index >= 15 is 0 Å². The predicted molar refractivity (Wildman–Crippen MR) is 110 cm³/mol. The van der Waals surface area contributed by atoms with E-state index in [2.05, 4.69) is 15.3 Å². The molecule has 1 unspecified atom stereocenters. The quantitative estimate of drug-likeness (QED) is 0.771. The monoisotopic (exact) mass is 412 g/mol. The van der Waals surface area contributed by atoms with E-state index in [1.54, 1.807) is 4.90 Å². The summed E-state index contributed by atoms with van der Waals surface area (Å²) in [6.07, 6.45) is 3.86. The molecule has 0 aliphatic carbocycles. The Morgan fingerprint density at radius 2 is 1.83 bits per heavy atom. The smallest absolute Gasteiger partial charge is 0.251 e. The van der Waals surface area contributed by atoms with Crippen molar-refractivity contribution in [1.82, 2.24) is 20.2 Å². The van der Waals surface area contributed by atoms with Crippen molar-refractivity contribution in [2.45, 2.75) is 44.3 Å². The largest absolute Gasteiger partial charge is 0.381 e. The molecular formula is C21H25FN6O2. The maximum atomic E-state index is 14.4. The van der Waals surface area contributed by atoms with Crippen molar-refractivity contribution in [3.63, 3.8) is 0 Å². The average Bonchev–Trinajstić information content (AvgIpc) is 2.76. The Hall–Kier alpha value is -3.07. The molecule has 2 aromatic rings. The molecular weight excluding hydrogens is 387 g/mol. The minimum absolute atomic E-state index is 0.0833. The first kappa shape index (κ1) is 20.2. The number of nitrogens with zero attached hydrogens (tertiary/aromatic N) is 4. The third-order valence-corrected chi connectivity index (χ3v) is 5.71. The van der Waals surface area contributed by atoms with E-state index in [-0.39, 0.29) is 29.5 Å². The number of carbonyl (C=O) groups is 2. The highest BCUT2D eigenvalue weighted by molar-refractivity contribution is 6.00. The van der Waals surface area contributed by atoms with Gasteiger partial charge in [-0.2, -0.15) is 4.39 Å². The van der Waals surface area contributed by atoms with Crippen molar-refractivity contribution in [2.75, 3.05) is 23.7 Å². The standard InChI is InChI=1S/C21H25FN6O2/c22-17-18(23)25-13-26-19(17)28-11-5-9-16(21(28)30)27-10-4-8-15(20(27)29)24-12-14-6-2-1-3-7-14/h1-3,6-7,13,15-16,24H,4-5,8-12H2,(H2,23,25,26)/t15?,16-/m1/s1. The molecule has 2 aliphatic rings. The number of hydrogen-bond acceptors (Lipinski definition) is 6. The number of hydrogen-bond donors (Lipinski definition) is 2. The number of amides is 2. The van der Waals surface area contributed by atoms with Crippen LogP contribution in [0.2, 0.25) is 0 Å². The zero-order valence-corrected chi connectivity index (χ0v) is 16.6. The van der Waals surface area contributed by atoms with Gasteiger partial charge >= 0.3 is 0 Å². The molecule has 1 aromatic heterocycles. The molecule has 1 aromatic carbocycles. The summed E-state index contributed by atoms with van der Waals surface area (Å²) in [5.41, 5.74) is 6.63. The number of nitrogens with two attached hydrogens (primary N) is 1. The molecule has 3 N–H and O–H groups in total. The highest BCUT2D eigenvalue weighted by Crippen LogP contribution is 2.28. The number of anilines is 2. The fraction of sp³-hybridized carbons (Fsp3) is 0.429. The molecule has 2 amide bonds. The Morgan fingerprint density at radius 3 is 2.63 bits per heavy atom. The topological polar surface area (TPSA) is 104 Å². The van der Waals surface area contributed by atoms with Crippen LogP contribution >= 0.6 is 0 Å². The third-order valence-electron chi connectivity index (χ3n) is 5.71. The molecule has 0 bridgehead atoms. The summed E-state index contributed by atoms with van der Waals surface area (Å²) in [6.45, 7) is 1.43. The van der Waals surface area contributed by atoms with E-state index < -0.39 is 11.9 Å². The maximum absolute atomic E-state index is 14.4. The van der Waals surface area contributed by atoms with Gasteiger partial charge in [-0.15, -0.1) is 0 Å². The van der Waals surface area contributed by atoms with E-state index in [1.807, 2.05) is 30.3 Å². The van der Waals surface area contributed by atoms with Crippen LogP contribution in [0, 0.1) is 5.82 Å². The maximum Gasteiger partial charge on any atom is 0.251 e. The van der Waals surface area contributed by atoms with Crippen LogP contribution < -0.4 is 16.0 Å². The van der Waals surface area contributed by atoms with Gasteiger partial charge in [0.15, 0.2) is 11.6 Å². The highest BCUT2D eigenvalue weighted by atomic mass is 19.1. The van der Waals surface area contributed by atoms with Gasteiger partial charge in [-0.1, -0.05) is 30.3 Å². The Balaban J connectivity index is 1.47. The van der Waals surface area contributed by atoms with Crippen LogP contribution in [0.25, 0.3) is 0 Å². The summed E-state index contributed by atoms with van der Waals surface area (Å²) in [4.78, 5) is 36.8. The van der Waals surface area contributed by atoms with Crippen LogP contribution in [0.1, 0.15) is 31.2 Å². The molecule has 2 fully saturated rings. The Bertz CT molecular complexity index is 925. The highest BCUT2D eigenvalue weighted by Gasteiger charge is 2.41. The summed E-state index contributed by atoms with van der Waals surface area (Å²) in [5.74, 6) is -1.64. The van der Waals surface area contributed by atoms with Crippen LogP contribution in [-0.4, -0.2) is 51.9 Å². The first-order valence-electron chi connectivity index (χ1n) is 10.2. The van der Waals surface area contributed by atoms with Gasteiger partial charge < -0.3 is 16.0 Å². The van der Waals surface area contributed by atoms with Gasteiger partial charge in [-0.25, -0.2) is 9.97 Å². The Kier molecular flexibility index (Phi) is 5.89. The average molecular weight is 412 g/mol. The number of halogens is 1. The summed E-state index contributed by atoms with van der Waals surface area (Å²) in [6, 6.07) is 8.91. The minimum Gasteiger partial charge on any atom is -0.381 e. The van der Waals surface area contributed by atoms with Crippen LogP contribution in [0.4, 0.5) is 16.0 Å². The number of likely N-dealkylation sites (tertiary alicyclic amines) is 1. The molecule has 158 valence electrons. The molecule has 3 heterocycles. The van der Waals surface area contributed by atoms with E-state index in [9.17, 15) is 14.0 Å². The number of aromatic nitrogens is 2. The summed E-state index contributed by atoms with van der Waals surface area (Å²) < 4.78 is 14.4. The van der Waals surface area contributed by atoms with Gasteiger partial charge in [0.1, 0.15) is 12.4 Å². The normalized spacial score (nSPS) is 22.4. The fourth-order valence-electron chi connectivity index (χ4n) is 4.15. The zero-order chi connectivity index (χ0) is 21.1. The molecule has 9 heteroatoms. The van der Waals surface area contributed by atoms with Gasteiger partial charge in [0.05, 0.1) is 6.04 Å². The van der Waals surface area contributed by atoms with Crippen LogP contribution in [-0.2, 0) is 16.1 Å². The minimum atomic E-state index is -0.807. The van der Waals surface area contributed by atoms with E-state index in [0.717, 1.165) is 24.7 Å². The first-order chi connectivity index (χ1) is 14.6. The zero-order valence-electron chi connectivity index (χ0n) is 16.6. The molecule has 0 radical (unpaired) electrons. The van der Waals surface area contributed by atoms with Crippen LogP contribution in [0.3, 0.4) is 0 Å². The second kappa shape index (κ2) is 8.74. The molecule has 2 saturated heterocycles. The fourth-order valence-corrected chi connectivity index (χ4v) is 4.15. The molecule has 2 atom stereocenters. The molecule has 0 spiro atoms. The van der Waals surface area contributed by atoms with Gasteiger partial charge in [0.2, 0.25) is 11.7 Å². The van der Waals surface area contributed by atoms with Crippen LogP contribution in [0.5, 0.6) is 0 Å². The van der Waals surface area contributed by atoms with Crippen molar-refractivity contribution < 1.29 is 14.0 Å². The first-order valence-corrected chi connectivity index (χ1v) is 10.2. The lowest BCUT2D eigenvalue weighted by Gasteiger charge is -2.41. The lowest BCUT2D eigenvalue weighted by atomic mass is 9.97. The second-order valence-electron chi connectivity index (χ2n) is 7.64. The van der Waals surface area contributed by atoms with E-state index in [1.165, 1.54) is 4.90 Å². The molecule has 8 nitrogen and oxygen atoms in total. The summed E-state index contributed by atoms with van der Waals surface area (Å²) in [5, 5.41) is 3.32.